The lowest BCUT2D eigenvalue weighted by molar-refractivity contribution is -0.133. The number of benzene rings is 2. The molecule has 4 heteroatoms. The number of carbonyl (C=O) groups is 2. The van der Waals surface area contributed by atoms with Crippen LogP contribution in [0.25, 0.3) is 0 Å². The SMILES string of the molecule is C#Cc1cccc(C(=O)N2CCC3(CCC(=O)N3Cc3ccccc3)CC2)c1. The molecule has 2 saturated heterocycles. The summed E-state index contributed by atoms with van der Waals surface area (Å²) in [5.74, 6) is 2.83. The van der Waals surface area contributed by atoms with Crippen molar-refractivity contribution in [3.8, 4) is 12.3 Å². The van der Waals surface area contributed by atoms with Crippen LogP contribution in [0.2, 0.25) is 0 Å². The first-order valence-electron chi connectivity index (χ1n) is 9.82. The Morgan fingerprint density at radius 3 is 2.50 bits per heavy atom. The van der Waals surface area contributed by atoms with Crippen molar-refractivity contribution in [2.24, 2.45) is 0 Å². The minimum Gasteiger partial charge on any atom is -0.338 e. The fourth-order valence-electron chi connectivity index (χ4n) is 4.47. The molecular formula is C24H24N2O2. The van der Waals surface area contributed by atoms with Crippen molar-refractivity contribution in [3.63, 3.8) is 0 Å². The van der Waals surface area contributed by atoms with Crippen molar-refractivity contribution in [1.82, 2.24) is 9.80 Å². The largest absolute Gasteiger partial charge is 0.338 e. The second-order valence-corrected chi connectivity index (χ2v) is 7.71. The second-order valence-electron chi connectivity index (χ2n) is 7.71. The van der Waals surface area contributed by atoms with Crippen LogP contribution >= 0.6 is 0 Å². The molecule has 142 valence electrons. The summed E-state index contributed by atoms with van der Waals surface area (Å²) < 4.78 is 0. The number of piperidine rings is 1. The van der Waals surface area contributed by atoms with Gasteiger partial charge in [0.25, 0.3) is 5.91 Å². The molecule has 0 bridgehead atoms. The van der Waals surface area contributed by atoms with Crippen LogP contribution < -0.4 is 0 Å². The van der Waals surface area contributed by atoms with Gasteiger partial charge < -0.3 is 9.80 Å². The maximum atomic E-state index is 12.9. The van der Waals surface area contributed by atoms with Crippen LogP contribution in [-0.4, -0.2) is 40.2 Å². The molecule has 28 heavy (non-hydrogen) atoms. The van der Waals surface area contributed by atoms with E-state index in [-0.39, 0.29) is 17.4 Å². The van der Waals surface area contributed by atoms with Crippen LogP contribution in [0.4, 0.5) is 0 Å². The van der Waals surface area contributed by atoms with Crippen LogP contribution in [-0.2, 0) is 11.3 Å². The minimum absolute atomic E-state index is 0.0193. The third kappa shape index (κ3) is 3.41. The Labute approximate surface area is 166 Å². The molecule has 4 rings (SSSR count). The normalized spacial score (nSPS) is 18.3. The van der Waals surface area contributed by atoms with Crippen LogP contribution in [0.1, 0.15) is 47.2 Å². The maximum Gasteiger partial charge on any atom is 0.253 e. The lowest BCUT2D eigenvalue weighted by atomic mass is 9.84. The van der Waals surface area contributed by atoms with Gasteiger partial charge in [0, 0.05) is 42.7 Å². The third-order valence-corrected chi connectivity index (χ3v) is 6.12. The van der Waals surface area contributed by atoms with E-state index >= 15 is 0 Å². The zero-order valence-corrected chi connectivity index (χ0v) is 15.9. The fourth-order valence-corrected chi connectivity index (χ4v) is 4.47. The second kappa shape index (κ2) is 7.52. The summed E-state index contributed by atoms with van der Waals surface area (Å²) in [7, 11) is 0. The first kappa shape index (κ1) is 18.3. The van der Waals surface area contributed by atoms with Gasteiger partial charge in [0.05, 0.1) is 0 Å². The third-order valence-electron chi connectivity index (χ3n) is 6.12. The molecule has 2 amide bonds. The smallest absolute Gasteiger partial charge is 0.253 e. The average Bonchev–Trinajstić information content (AvgIpc) is 3.04. The molecule has 2 aromatic carbocycles. The number of carbonyl (C=O) groups excluding carboxylic acids is 2. The molecule has 1 spiro atoms. The highest BCUT2D eigenvalue weighted by atomic mass is 16.2. The summed E-state index contributed by atoms with van der Waals surface area (Å²) in [6.07, 6.45) is 8.59. The van der Waals surface area contributed by atoms with Gasteiger partial charge in [0.15, 0.2) is 0 Å². The van der Waals surface area contributed by atoms with E-state index in [0.717, 1.165) is 30.4 Å². The quantitative estimate of drug-likeness (QED) is 0.774. The maximum absolute atomic E-state index is 12.9. The number of nitrogens with zero attached hydrogens (tertiary/aromatic N) is 2. The van der Waals surface area contributed by atoms with E-state index in [2.05, 4.69) is 23.0 Å². The van der Waals surface area contributed by atoms with Crippen LogP contribution in [0, 0.1) is 12.3 Å². The number of hydrogen-bond donors (Lipinski definition) is 0. The van der Waals surface area contributed by atoms with Gasteiger partial charge in [0.2, 0.25) is 5.91 Å². The Hall–Kier alpha value is -3.06. The zero-order valence-electron chi connectivity index (χ0n) is 15.9. The highest BCUT2D eigenvalue weighted by Gasteiger charge is 2.47. The first-order valence-corrected chi connectivity index (χ1v) is 9.82. The van der Waals surface area contributed by atoms with Gasteiger partial charge in [-0.15, -0.1) is 6.42 Å². The van der Waals surface area contributed by atoms with Gasteiger partial charge in [0.1, 0.15) is 0 Å². The molecule has 0 N–H and O–H groups in total. The number of hydrogen-bond acceptors (Lipinski definition) is 2. The van der Waals surface area contributed by atoms with Crippen molar-refractivity contribution >= 4 is 11.8 Å². The van der Waals surface area contributed by atoms with Crippen molar-refractivity contribution in [2.75, 3.05) is 13.1 Å². The summed E-state index contributed by atoms with van der Waals surface area (Å²) >= 11 is 0. The molecule has 2 aromatic rings. The highest BCUT2D eigenvalue weighted by Crippen LogP contribution is 2.40. The number of amides is 2. The molecule has 2 fully saturated rings. The lowest BCUT2D eigenvalue weighted by Crippen LogP contribution is -2.53. The number of rotatable bonds is 3. The summed E-state index contributed by atoms with van der Waals surface area (Å²) in [6.45, 7) is 1.98. The molecule has 0 saturated carbocycles. The van der Waals surface area contributed by atoms with Gasteiger partial charge >= 0.3 is 0 Å². The van der Waals surface area contributed by atoms with Gasteiger partial charge in [-0.1, -0.05) is 42.3 Å². The first-order chi connectivity index (χ1) is 13.6. The standard InChI is InChI=1S/C24H24N2O2/c1-2-19-9-6-10-21(17-19)23(28)25-15-13-24(14-16-25)12-11-22(27)26(24)18-20-7-4-3-5-8-20/h1,3-10,17H,11-16,18H2. The summed E-state index contributed by atoms with van der Waals surface area (Å²) in [6, 6.07) is 17.4. The van der Waals surface area contributed by atoms with Gasteiger partial charge in [-0.2, -0.15) is 0 Å². The number of likely N-dealkylation sites (tertiary alicyclic amines) is 2. The topological polar surface area (TPSA) is 40.6 Å². The van der Waals surface area contributed by atoms with Crippen molar-refractivity contribution < 1.29 is 9.59 Å². The fraction of sp³-hybridized carbons (Fsp3) is 0.333. The van der Waals surface area contributed by atoms with Gasteiger partial charge in [-0.05, 0) is 43.0 Å². The average molecular weight is 372 g/mol. The van der Waals surface area contributed by atoms with E-state index in [4.69, 9.17) is 6.42 Å². The van der Waals surface area contributed by atoms with Gasteiger partial charge in [-0.3, -0.25) is 9.59 Å². The van der Waals surface area contributed by atoms with E-state index in [1.54, 1.807) is 6.07 Å². The summed E-state index contributed by atoms with van der Waals surface area (Å²) in [5, 5.41) is 0. The van der Waals surface area contributed by atoms with Crippen molar-refractivity contribution in [1.29, 1.82) is 0 Å². The number of terminal acetylenes is 1. The summed E-state index contributed by atoms with van der Waals surface area (Å²) in [5.41, 5.74) is 2.39. The molecule has 0 aromatic heterocycles. The predicted octanol–water partition coefficient (Wildman–Crippen LogP) is 3.47. The zero-order chi connectivity index (χ0) is 19.6. The Kier molecular flexibility index (Phi) is 4.92. The molecule has 2 heterocycles. The Bertz CT molecular complexity index is 921. The van der Waals surface area contributed by atoms with E-state index in [9.17, 15) is 9.59 Å². The van der Waals surface area contributed by atoms with E-state index in [1.807, 2.05) is 41.3 Å². The minimum atomic E-state index is -0.121. The van der Waals surface area contributed by atoms with Crippen molar-refractivity contribution in [3.05, 3.63) is 71.3 Å². The van der Waals surface area contributed by atoms with E-state index in [1.165, 1.54) is 0 Å². The van der Waals surface area contributed by atoms with Crippen LogP contribution in [0.5, 0.6) is 0 Å². The molecule has 0 atom stereocenters. The van der Waals surface area contributed by atoms with Crippen LogP contribution in [0.3, 0.4) is 0 Å². The lowest BCUT2D eigenvalue weighted by Gasteiger charge is -2.45. The van der Waals surface area contributed by atoms with E-state index < -0.39 is 0 Å². The molecule has 2 aliphatic heterocycles. The van der Waals surface area contributed by atoms with E-state index in [0.29, 0.717) is 31.6 Å². The molecule has 4 nitrogen and oxygen atoms in total. The highest BCUT2D eigenvalue weighted by molar-refractivity contribution is 5.94. The van der Waals surface area contributed by atoms with Crippen LogP contribution in [0.15, 0.2) is 54.6 Å². The molecular weight excluding hydrogens is 348 g/mol. The molecule has 0 radical (unpaired) electrons. The summed E-state index contributed by atoms with van der Waals surface area (Å²) in [4.78, 5) is 29.4. The molecule has 0 unspecified atom stereocenters. The molecule has 0 aliphatic carbocycles. The molecule has 2 aliphatic rings. The Balaban J connectivity index is 1.46. The van der Waals surface area contributed by atoms with Gasteiger partial charge in [-0.25, -0.2) is 0 Å². The Morgan fingerprint density at radius 2 is 1.79 bits per heavy atom. The monoisotopic (exact) mass is 372 g/mol. The Morgan fingerprint density at radius 1 is 1.04 bits per heavy atom. The van der Waals surface area contributed by atoms with Crippen molar-refractivity contribution in [2.45, 2.75) is 37.8 Å². The predicted molar refractivity (Wildman–Crippen MR) is 108 cm³/mol.